The van der Waals surface area contributed by atoms with Crippen molar-refractivity contribution in [1.29, 1.82) is 0 Å². The van der Waals surface area contributed by atoms with Crippen molar-refractivity contribution >= 4 is 33.2 Å². The molecule has 1 aromatic carbocycles. The summed E-state index contributed by atoms with van der Waals surface area (Å²) in [4.78, 5) is 0. The molecule has 0 bridgehead atoms. The number of sulfonamides is 1. The van der Waals surface area contributed by atoms with Gasteiger partial charge in [0, 0.05) is 5.92 Å². The Bertz CT molecular complexity index is 567. The summed E-state index contributed by atoms with van der Waals surface area (Å²) in [5, 5.41) is 5.83. The van der Waals surface area contributed by atoms with Crippen LogP contribution >= 0.6 is 23.2 Å². The minimum absolute atomic E-state index is 0.144. The molecule has 7 heteroatoms. The van der Waals surface area contributed by atoms with Gasteiger partial charge in [-0.1, -0.05) is 50.0 Å². The molecule has 0 radical (unpaired) electrons. The average Bonchev–Trinajstić information content (AvgIpc) is 2.26. The molecule has 0 aliphatic heterocycles. The van der Waals surface area contributed by atoms with E-state index in [1.807, 2.05) is 20.8 Å². The molecule has 20 heavy (non-hydrogen) atoms. The quantitative estimate of drug-likeness (QED) is 0.894. The van der Waals surface area contributed by atoms with E-state index in [4.69, 9.17) is 33.1 Å². The largest absolute Gasteiger partial charge is 0.492 e. The van der Waals surface area contributed by atoms with Crippen molar-refractivity contribution in [3.63, 3.8) is 0 Å². The Morgan fingerprint density at radius 1 is 1.30 bits per heavy atom. The van der Waals surface area contributed by atoms with Gasteiger partial charge in [-0.15, -0.1) is 0 Å². The van der Waals surface area contributed by atoms with Gasteiger partial charge in [-0.25, -0.2) is 13.6 Å². The van der Waals surface area contributed by atoms with E-state index in [0.717, 1.165) is 0 Å². The predicted octanol–water partition coefficient (Wildman–Crippen LogP) is 3.32. The van der Waals surface area contributed by atoms with Gasteiger partial charge in [-0.3, -0.25) is 0 Å². The molecule has 0 fully saturated rings. The van der Waals surface area contributed by atoms with Crippen molar-refractivity contribution in [2.75, 3.05) is 12.4 Å². The summed E-state index contributed by atoms with van der Waals surface area (Å²) in [5.74, 6) is 0.0321. The van der Waals surface area contributed by atoms with E-state index < -0.39 is 10.0 Å². The second-order valence-electron chi connectivity index (χ2n) is 5.76. The Morgan fingerprint density at radius 2 is 1.90 bits per heavy atom. The first-order valence-electron chi connectivity index (χ1n) is 6.08. The first-order chi connectivity index (χ1) is 9.00. The van der Waals surface area contributed by atoms with Crippen LogP contribution in [0.1, 0.15) is 20.8 Å². The lowest BCUT2D eigenvalue weighted by molar-refractivity contribution is 0.163. The van der Waals surface area contributed by atoms with Gasteiger partial charge in [0.15, 0.2) is 0 Å². The lowest BCUT2D eigenvalue weighted by Crippen LogP contribution is -2.35. The zero-order valence-corrected chi connectivity index (χ0v) is 14.0. The van der Waals surface area contributed by atoms with Crippen LogP contribution in [0.4, 0.5) is 0 Å². The second-order valence-corrected chi connectivity index (χ2v) is 8.20. The molecule has 1 rings (SSSR count). The SMILES string of the molecule is CC(C)(C)C(COc1cccc(Cl)c1Cl)CS(N)(=O)=O. The van der Waals surface area contributed by atoms with Crippen LogP contribution < -0.4 is 9.88 Å². The van der Waals surface area contributed by atoms with Crippen molar-refractivity contribution < 1.29 is 13.2 Å². The monoisotopic (exact) mass is 339 g/mol. The van der Waals surface area contributed by atoms with Crippen molar-refractivity contribution in [3.05, 3.63) is 28.2 Å². The molecule has 0 saturated heterocycles. The summed E-state index contributed by atoms with van der Waals surface area (Å²) < 4.78 is 28.2. The van der Waals surface area contributed by atoms with Crippen LogP contribution in [0.15, 0.2) is 18.2 Å². The molecule has 0 amide bonds. The van der Waals surface area contributed by atoms with E-state index in [1.54, 1.807) is 18.2 Å². The van der Waals surface area contributed by atoms with Gasteiger partial charge < -0.3 is 4.74 Å². The van der Waals surface area contributed by atoms with Gasteiger partial charge >= 0.3 is 0 Å². The molecule has 114 valence electrons. The third-order valence-electron chi connectivity index (χ3n) is 3.01. The minimum atomic E-state index is -3.57. The van der Waals surface area contributed by atoms with Gasteiger partial charge in [0.2, 0.25) is 10.0 Å². The van der Waals surface area contributed by atoms with Crippen LogP contribution in [-0.4, -0.2) is 20.8 Å². The van der Waals surface area contributed by atoms with Crippen molar-refractivity contribution in [1.82, 2.24) is 0 Å². The highest BCUT2D eigenvalue weighted by atomic mass is 35.5. The normalized spacial score (nSPS) is 14.1. The average molecular weight is 340 g/mol. The fraction of sp³-hybridized carbons (Fsp3) is 0.538. The highest BCUT2D eigenvalue weighted by Crippen LogP contribution is 2.33. The molecule has 1 unspecified atom stereocenters. The molecule has 1 aromatic rings. The van der Waals surface area contributed by atoms with Crippen LogP contribution in [0.3, 0.4) is 0 Å². The number of hydrogen-bond donors (Lipinski definition) is 1. The molecule has 0 heterocycles. The Kier molecular flexibility index (Phi) is 5.72. The minimum Gasteiger partial charge on any atom is -0.492 e. The molecule has 2 N–H and O–H groups in total. The summed E-state index contributed by atoms with van der Waals surface area (Å²) in [6.07, 6.45) is 0. The van der Waals surface area contributed by atoms with Crippen LogP contribution in [0.2, 0.25) is 10.0 Å². The lowest BCUT2D eigenvalue weighted by Gasteiger charge is -2.30. The first-order valence-corrected chi connectivity index (χ1v) is 8.55. The Balaban J connectivity index is 2.84. The number of ether oxygens (including phenoxy) is 1. The van der Waals surface area contributed by atoms with Gasteiger partial charge in [0.1, 0.15) is 10.8 Å². The standard InChI is InChI=1S/C13H19Cl2NO3S/c1-13(2,3)9(8-20(16,17)18)7-19-11-6-4-5-10(14)12(11)15/h4-6,9H,7-8H2,1-3H3,(H2,16,17,18). The zero-order chi connectivity index (χ0) is 15.6. The fourth-order valence-corrected chi connectivity index (χ4v) is 3.12. The maximum atomic E-state index is 11.3. The van der Waals surface area contributed by atoms with Crippen LogP contribution in [-0.2, 0) is 10.0 Å². The van der Waals surface area contributed by atoms with Gasteiger partial charge in [-0.05, 0) is 17.5 Å². The summed E-state index contributed by atoms with van der Waals surface area (Å²) in [7, 11) is -3.57. The molecule has 0 aliphatic rings. The van der Waals surface area contributed by atoms with Gasteiger partial charge in [0.05, 0.1) is 17.4 Å². The second kappa shape index (κ2) is 6.52. The fourth-order valence-electron chi connectivity index (χ4n) is 1.61. The Labute approximate surface area is 130 Å². The highest BCUT2D eigenvalue weighted by Gasteiger charge is 2.29. The molecule has 0 aliphatic carbocycles. The number of halogens is 2. The molecular weight excluding hydrogens is 321 g/mol. The topological polar surface area (TPSA) is 69.4 Å². The van der Waals surface area contributed by atoms with E-state index in [2.05, 4.69) is 0 Å². The van der Waals surface area contributed by atoms with Crippen LogP contribution in [0, 0.1) is 11.3 Å². The van der Waals surface area contributed by atoms with E-state index in [9.17, 15) is 8.42 Å². The van der Waals surface area contributed by atoms with E-state index in [0.29, 0.717) is 15.8 Å². The number of benzene rings is 1. The maximum absolute atomic E-state index is 11.3. The molecule has 0 spiro atoms. The number of hydrogen-bond acceptors (Lipinski definition) is 3. The summed E-state index contributed by atoms with van der Waals surface area (Å²) in [5.41, 5.74) is -0.266. The number of nitrogens with two attached hydrogens (primary N) is 1. The number of primary sulfonamides is 1. The summed E-state index contributed by atoms with van der Waals surface area (Å²) in [6, 6.07) is 5.06. The lowest BCUT2D eigenvalue weighted by atomic mass is 9.82. The molecule has 0 saturated carbocycles. The van der Waals surface area contributed by atoms with Gasteiger partial charge in [0.25, 0.3) is 0 Å². The predicted molar refractivity (Wildman–Crippen MR) is 82.9 cm³/mol. The van der Waals surface area contributed by atoms with Crippen molar-refractivity contribution in [2.24, 2.45) is 16.5 Å². The van der Waals surface area contributed by atoms with Crippen LogP contribution in [0.5, 0.6) is 5.75 Å². The summed E-state index contributed by atoms with van der Waals surface area (Å²) >= 11 is 11.9. The smallest absolute Gasteiger partial charge is 0.209 e. The highest BCUT2D eigenvalue weighted by molar-refractivity contribution is 7.89. The third kappa shape index (κ3) is 5.48. The Morgan fingerprint density at radius 3 is 2.40 bits per heavy atom. The number of rotatable bonds is 5. The molecule has 4 nitrogen and oxygen atoms in total. The van der Waals surface area contributed by atoms with E-state index in [1.165, 1.54) is 0 Å². The van der Waals surface area contributed by atoms with E-state index >= 15 is 0 Å². The molecule has 1 atom stereocenters. The van der Waals surface area contributed by atoms with Crippen molar-refractivity contribution in [2.45, 2.75) is 20.8 Å². The van der Waals surface area contributed by atoms with E-state index in [-0.39, 0.29) is 23.7 Å². The van der Waals surface area contributed by atoms with Gasteiger partial charge in [-0.2, -0.15) is 0 Å². The van der Waals surface area contributed by atoms with Crippen molar-refractivity contribution in [3.8, 4) is 5.75 Å². The molecular formula is C13H19Cl2NO3S. The molecule has 0 aromatic heterocycles. The zero-order valence-electron chi connectivity index (χ0n) is 11.7. The maximum Gasteiger partial charge on any atom is 0.209 e. The summed E-state index contributed by atoms with van der Waals surface area (Å²) in [6.45, 7) is 6.00. The third-order valence-corrected chi connectivity index (χ3v) is 4.68. The Hall–Kier alpha value is -0.490. The first kappa shape index (κ1) is 17.6. The van der Waals surface area contributed by atoms with Crippen LogP contribution in [0.25, 0.3) is 0 Å².